The molecule has 3 aromatic rings. The van der Waals surface area contributed by atoms with Crippen molar-refractivity contribution in [3.05, 3.63) is 42.7 Å². The van der Waals surface area contributed by atoms with Crippen LogP contribution in [0.1, 0.15) is 0 Å². The molecule has 0 aliphatic rings. The van der Waals surface area contributed by atoms with Crippen molar-refractivity contribution < 1.29 is 18.9 Å². The highest BCUT2D eigenvalue weighted by atomic mass is 16.5. The molecule has 0 fully saturated rings. The Morgan fingerprint density at radius 1 is 0.704 bits per heavy atom. The van der Waals surface area contributed by atoms with Gasteiger partial charge in [-0.15, -0.1) is 0 Å². The van der Waals surface area contributed by atoms with E-state index in [1.54, 1.807) is 46.9 Å². The second kappa shape index (κ2) is 7.82. The highest BCUT2D eigenvalue weighted by molar-refractivity contribution is 5.81. The number of pyridine rings is 2. The van der Waals surface area contributed by atoms with E-state index in [1.807, 2.05) is 24.3 Å². The van der Waals surface area contributed by atoms with Crippen LogP contribution in [0.5, 0.6) is 23.1 Å². The molecule has 0 atom stereocenters. The molecule has 0 aliphatic carbocycles. The van der Waals surface area contributed by atoms with Gasteiger partial charge in [-0.2, -0.15) is 0 Å². The molecule has 0 saturated carbocycles. The normalized spacial score (nSPS) is 10.4. The Morgan fingerprint density at radius 3 is 1.89 bits per heavy atom. The SMILES string of the molecule is COc1ccc(-c2cnc(N)c(-c3cc(OC)c(OC)c(OC)c3)c2)cn1. The molecule has 0 amide bonds. The molecular formula is C20H21N3O4. The van der Waals surface area contributed by atoms with Crippen molar-refractivity contribution in [2.24, 2.45) is 0 Å². The first kappa shape index (κ1) is 18.3. The quantitative estimate of drug-likeness (QED) is 0.714. The maximum absolute atomic E-state index is 6.14. The van der Waals surface area contributed by atoms with Crippen LogP contribution in [0.4, 0.5) is 5.82 Å². The van der Waals surface area contributed by atoms with Gasteiger partial charge in [-0.1, -0.05) is 0 Å². The largest absolute Gasteiger partial charge is 0.493 e. The minimum absolute atomic E-state index is 0.398. The molecule has 2 N–H and O–H groups in total. The van der Waals surface area contributed by atoms with Gasteiger partial charge in [0.2, 0.25) is 11.6 Å². The zero-order valence-electron chi connectivity index (χ0n) is 15.6. The Balaban J connectivity index is 2.11. The molecule has 27 heavy (non-hydrogen) atoms. The van der Waals surface area contributed by atoms with E-state index >= 15 is 0 Å². The van der Waals surface area contributed by atoms with Crippen molar-refractivity contribution in [1.29, 1.82) is 0 Å². The smallest absolute Gasteiger partial charge is 0.212 e. The van der Waals surface area contributed by atoms with Crippen LogP contribution in [-0.2, 0) is 0 Å². The molecule has 7 nitrogen and oxygen atoms in total. The van der Waals surface area contributed by atoms with E-state index < -0.39 is 0 Å². The number of rotatable bonds is 6. The van der Waals surface area contributed by atoms with Gasteiger partial charge in [0.1, 0.15) is 5.82 Å². The summed E-state index contributed by atoms with van der Waals surface area (Å²) in [5.74, 6) is 2.55. The number of nitrogens with zero attached hydrogens (tertiary/aromatic N) is 2. The molecule has 0 saturated heterocycles. The lowest BCUT2D eigenvalue weighted by molar-refractivity contribution is 0.324. The van der Waals surface area contributed by atoms with Gasteiger partial charge in [-0.3, -0.25) is 0 Å². The van der Waals surface area contributed by atoms with Crippen LogP contribution in [0.3, 0.4) is 0 Å². The van der Waals surface area contributed by atoms with E-state index in [0.717, 1.165) is 22.3 Å². The molecule has 2 aromatic heterocycles. The predicted molar refractivity (Wildman–Crippen MR) is 104 cm³/mol. The third-order valence-electron chi connectivity index (χ3n) is 4.17. The van der Waals surface area contributed by atoms with Crippen molar-refractivity contribution in [3.63, 3.8) is 0 Å². The number of nitrogens with two attached hydrogens (primary N) is 1. The zero-order valence-corrected chi connectivity index (χ0v) is 15.6. The Morgan fingerprint density at radius 2 is 1.37 bits per heavy atom. The Kier molecular flexibility index (Phi) is 5.30. The van der Waals surface area contributed by atoms with Crippen molar-refractivity contribution in [2.75, 3.05) is 34.2 Å². The van der Waals surface area contributed by atoms with Crippen LogP contribution in [0.15, 0.2) is 42.7 Å². The summed E-state index contributed by atoms with van der Waals surface area (Å²) < 4.78 is 21.3. The lowest BCUT2D eigenvalue weighted by Gasteiger charge is -2.15. The van der Waals surface area contributed by atoms with Crippen LogP contribution in [-0.4, -0.2) is 38.4 Å². The Labute approximate surface area is 157 Å². The van der Waals surface area contributed by atoms with Crippen molar-refractivity contribution >= 4 is 5.82 Å². The molecule has 0 unspecified atom stereocenters. The number of hydrogen-bond acceptors (Lipinski definition) is 7. The van der Waals surface area contributed by atoms with E-state index in [0.29, 0.717) is 28.9 Å². The summed E-state index contributed by atoms with van der Waals surface area (Å²) in [6, 6.07) is 9.34. The average Bonchev–Trinajstić information content (AvgIpc) is 2.73. The first-order valence-corrected chi connectivity index (χ1v) is 8.17. The molecule has 1 aromatic carbocycles. The molecule has 140 valence electrons. The van der Waals surface area contributed by atoms with Gasteiger partial charge >= 0.3 is 0 Å². The first-order chi connectivity index (χ1) is 13.1. The third-order valence-corrected chi connectivity index (χ3v) is 4.17. The van der Waals surface area contributed by atoms with Gasteiger partial charge < -0.3 is 24.7 Å². The fourth-order valence-corrected chi connectivity index (χ4v) is 2.77. The topological polar surface area (TPSA) is 88.7 Å². The highest BCUT2D eigenvalue weighted by Crippen LogP contribution is 2.42. The average molecular weight is 367 g/mol. The number of ether oxygens (including phenoxy) is 4. The summed E-state index contributed by atoms with van der Waals surface area (Å²) >= 11 is 0. The van der Waals surface area contributed by atoms with Gasteiger partial charge in [0, 0.05) is 35.2 Å². The summed E-state index contributed by atoms with van der Waals surface area (Å²) in [5, 5.41) is 0. The van der Waals surface area contributed by atoms with Crippen molar-refractivity contribution in [2.45, 2.75) is 0 Å². The van der Waals surface area contributed by atoms with E-state index in [9.17, 15) is 0 Å². The van der Waals surface area contributed by atoms with Crippen LogP contribution in [0.25, 0.3) is 22.3 Å². The van der Waals surface area contributed by atoms with Gasteiger partial charge in [0.05, 0.1) is 28.4 Å². The maximum Gasteiger partial charge on any atom is 0.212 e. The number of aromatic nitrogens is 2. The van der Waals surface area contributed by atoms with Crippen LogP contribution < -0.4 is 24.7 Å². The highest BCUT2D eigenvalue weighted by Gasteiger charge is 2.16. The van der Waals surface area contributed by atoms with Gasteiger partial charge in [-0.05, 0) is 29.8 Å². The minimum Gasteiger partial charge on any atom is -0.493 e. The number of hydrogen-bond donors (Lipinski definition) is 1. The van der Waals surface area contributed by atoms with Crippen LogP contribution in [0, 0.1) is 0 Å². The fourth-order valence-electron chi connectivity index (χ4n) is 2.77. The van der Waals surface area contributed by atoms with Crippen LogP contribution >= 0.6 is 0 Å². The van der Waals surface area contributed by atoms with Crippen molar-refractivity contribution in [3.8, 4) is 45.4 Å². The number of methoxy groups -OCH3 is 4. The molecule has 3 rings (SSSR count). The molecule has 0 radical (unpaired) electrons. The molecular weight excluding hydrogens is 346 g/mol. The summed E-state index contributed by atoms with van der Waals surface area (Å²) in [6.45, 7) is 0. The standard InChI is InChI=1S/C20H21N3O4/c1-24-16-8-13(9-17(25-2)19(16)27-4)15-7-14(11-23-20(15)21)12-5-6-18(26-3)22-10-12/h5-11H,1-4H3,(H2,21,23). The van der Waals surface area contributed by atoms with Gasteiger partial charge in [0.25, 0.3) is 0 Å². The predicted octanol–water partition coefficient (Wildman–Crippen LogP) is 3.43. The van der Waals surface area contributed by atoms with Crippen molar-refractivity contribution in [1.82, 2.24) is 9.97 Å². The summed E-state index contributed by atoms with van der Waals surface area (Å²) in [6.07, 6.45) is 3.44. The van der Waals surface area contributed by atoms with E-state index in [2.05, 4.69) is 9.97 Å². The second-order valence-corrected chi connectivity index (χ2v) is 5.66. The number of benzene rings is 1. The minimum atomic E-state index is 0.398. The van der Waals surface area contributed by atoms with E-state index in [4.69, 9.17) is 24.7 Å². The molecule has 2 heterocycles. The van der Waals surface area contributed by atoms with Gasteiger partial charge in [0.15, 0.2) is 11.5 Å². The summed E-state index contributed by atoms with van der Waals surface area (Å²) in [7, 11) is 6.28. The number of nitrogen functional groups attached to an aromatic ring is 1. The maximum atomic E-state index is 6.14. The Hall–Kier alpha value is -3.48. The lowest BCUT2D eigenvalue weighted by atomic mass is 10.0. The van der Waals surface area contributed by atoms with Crippen LogP contribution in [0.2, 0.25) is 0 Å². The monoisotopic (exact) mass is 367 g/mol. The molecule has 0 spiro atoms. The summed E-state index contributed by atoms with van der Waals surface area (Å²) in [4.78, 5) is 8.57. The summed E-state index contributed by atoms with van der Waals surface area (Å²) in [5.41, 5.74) is 9.47. The zero-order chi connectivity index (χ0) is 19.4. The first-order valence-electron chi connectivity index (χ1n) is 8.17. The fraction of sp³-hybridized carbons (Fsp3) is 0.200. The van der Waals surface area contributed by atoms with Gasteiger partial charge in [-0.25, -0.2) is 9.97 Å². The number of anilines is 1. The Bertz CT molecular complexity index is 917. The third kappa shape index (κ3) is 3.57. The molecule has 7 heteroatoms. The second-order valence-electron chi connectivity index (χ2n) is 5.66. The van der Waals surface area contributed by atoms with E-state index in [1.165, 1.54) is 0 Å². The lowest BCUT2D eigenvalue weighted by Crippen LogP contribution is -1.98. The molecule has 0 bridgehead atoms. The van der Waals surface area contributed by atoms with E-state index in [-0.39, 0.29) is 0 Å². The molecule has 0 aliphatic heterocycles.